The van der Waals surface area contributed by atoms with Gasteiger partial charge in [-0.05, 0) is 31.1 Å². The molecule has 1 aliphatic rings. The lowest BCUT2D eigenvalue weighted by atomic mass is 9.85. The zero-order chi connectivity index (χ0) is 11.8. The zero-order valence-electron chi connectivity index (χ0n) is 11.2. The van der Waals surface area contributed by atoms with Gasteiger partial charge in [0, 0.05) is 6.04 Å². The minimum Gasteiger partial charge on any atom is -0.271 e. The lowest BCUT2D eigenvalue weighted by molar-refractivity contribution is 0.265. The van der Waals surface area contributed by atoms with Crippen LogP contribution < -0.4 is 11.3 Å². The van der Waals surface area contributed by atoms with Crippen molar-refractivity contribution in [3.8, 4) is 0 Å². The van der Waals surface area contributed by atoms with Gasteiger partial charge in [-0.3, -0.25) is 11.3 Å². The predicted octanol–water partition coefficient (Wildman–Crippen LogP) is 3.62. The van der Waals surface area contributed by atoms with Gasteiger partial charge >= 0.3 is 0 Å². The summed E-state index contributed by atoms with van der Waals surface area (Å²) in [5, 5.41) is 0. The van der Waals surface area contributed by atoms with Crippen molar-refractivity contribution in [3.05, 3.63) is 0 Å². The molecule has 1 aliphatic carbocycles. The van der Waals surface area contributed by atoms with Crippen molar-refractivity contribution in [1.29, 1.82) is 0 Å². The fraction of sp³-hybridized carbons (Fsp3) is 1.00. The fourth-order valence-corrected chi connectivity index (χ4v) is 3.29. The molecule has 2 heteroatoms. The molecule has 1 atom stereocenters. The summed E-state index contributed by atoms with van der Waals surface area (Å²) in [6, 6.07) is 0.558. The van der Waals surface area contributed by atoms with E-state index in [1.165, 1.54) is 57.8 Å². The molecule has 1 saturated carbocycles. The molecule has 0 aliphatic heterocycles. The van der Waals surface area contributed by atoms with Crippen LogP contribution in [0.2, 0.25) is 0 Å². The van der Waals surface area contributed by atoms with Crippen LogP contribution in [0.3, 0.4) is 0 Å². The van der Waals surface area contributed by atoms with Crippen LogP contribution >= 0.6 is 0 Å². The van der Waals surface area contributed by atoms with E-state index in [2.05, 4.69) is 19.3 Å². The first-order valence-electron chi connectivity index (χ1n) is 7.27. The number of hydrogen-bond donors (Lipinski definition) is 2. The molecular weight excluding hydrogens is 196 g/mol. The predicted molar refractivity (Wildman–Crippen MR) is 71.0 cm³/mol. The maximum Gasteiger partial charge on any atom is 0.0241 e. The van der Waals surface area contributed by atoms with Gasteiger partial charge in [-0.25, -0.2) is 0 Å². The van der Waals surface area contributed by atoms with Crippen LogP contribution in [0.4, 0.5) is 0 Å². The van der Waals surface area contributed by atoms with Crippen LogP contribution in [-0.2, 0) is 0 Å². The molecule has 0 heterocycles. The molecule has 0 spiro atoms. The summed E-state index contributed by atoms with van der Waals surface area (Å²) in [7, 11) is 0. The monoisotopic (exact) mass is 226 g/mol. The molecule has 2 nitrogen and oxygen atoms in total. The van der Waals surface area contributed by atoms with Crippen molar-refractivity contribution in [2.45, 2.75) is 77.7 Å². The van der Waals surface area contributed by atoms with Crippen LogP contribution in [0.25, 0.3) is 0 Å². The molecule has 16 heavy (non-hydrogen) atoms. The van der Waals surface area contributed by atoms with Crippen molar-refractivity contribution >= 4 is 0 Å². The van der Waals surface area contributed by atoms with Gasteiger partial charge in [0.25, 0.3) is 0 Å². The molecule has 0 aromatic carbocycles. The molecule has 1 unspecified atom stereocenters. The third kappa shape index (κ3) is 4.42. The second-order valence-electron chi connectivity index (χ2n) is 5.50. The van der Waals surface area contributed by atoms with Gasteiger partial charge in [0.05, 0.1) is 0 Å². The lowest BCUT2D eigenvalue weighted by Crippen LogP contribution is -2.42. The highest BCUT2D eigenvalue weighted by Crippen LogP contribution is 2.31. The van der Waals surface area contributed by atoms with E-state index >= 15 is 0 Å². The number of rotatable bonds is 8. The van der Waals surface area contributed by atoms with Gasteiger partial charge in [0.1, 0.15) is 0 Å². The molecule has 0 aromatic rings. The molecule has 0 amide bonds. The molecule has 0 radical (unpaired) electrons. The summed E-state index contributed by atoms with van der Waals surface area (Å²) in [6.07, 6.45) is 12.3. The Morgan fingerprint density at radius 1 is 1.12 bits per heavy atom. The van der Waals surface area contributed by atoms with E-state index in [0.717, 1.165) is 11.8 Å². The smallest absolute Gasteiger partial charge is 0.0241 e. The Labute approximate surface area is 101 Å². The third-order valence-electron chi connectivity index (χ3n) is 4.16. The zero-order valence-corrected chi connectivity index (χ0v) is 11.2. The van der Waals surface area contributed by atoms with Crippen molar-refractivity contribution in [2.24, 2.45) is 17.7 Å². The number of hydrogen-bond acceptors (Lipinski definition) is 2. The summed E-state index contributed by atoms with van der Waals surface area (Å²) < 4.78 is 0. The van der Waals surface area contributed by atoms with Gasteiger partial charge in [-0.1, -0.05) is 52.4 Å². The summed E-state index contributed by atoms with van der Waals surface area (Å²) >= 11 is 0. The quantitative estimate of drug-likeness (QED) is 0.490. The number of hydrazine groups is 1. The molecule has 3 N–H and O–H groups in total. The first-order chi connectivity index (χ1) is 7.81. The van der Waals surface area contributed by atoms with Gasteiger partial charge < -0.3 is 0 Å². The summed E-state index contributed by atoms with van der Waals surface area (Å²) in [6.45, 7) is 4.57. The Hall–Kier alpha value is -0.0800. The second-order valence-corrected chi connectivity index (χ2v) is 5.50. The Kier molecular flexibility index (Phi) is 7.06. The van der Waals surface area contributed by atoms with Crippen molar-refractivity contribution in [3.63, 3.8) is 0 Å². The fourth-order valence-electron chi connectivity index (χ4n) is 3.29. The molecule has 1 fully saturated rings. The van der Waals surface area contributed by atoms with E-state index in [1.807, 2.05) is 0 Å². The topological polar surface area (TPSA) is 38.0 Å². The van der Waals surface area contributed by atoms with Crippen LogP contribution in [0.15, 0.2) is 0 Å². The van der Waals surface area contributed by atoms with Gasteiger partial charge in [-0.15, -0.1) is 0 Å². The minimum absolute atomic E-state index is 0.558. The van der Waals surface area contributed by atoms with Crippen molar-refractivity contribution in [1.82, 2.24) is 5.43 Å². The first-order valence-corrected chi connectivity index (χ1v) is 7.27. The van der Waals surface area contributed by atoms with E-state index in [9.17, 15) is 0 Å². The van der Waals surface area contributed by atoms with Crippen LogP contribution in [-0.4, -0.2) is 6.04 Å². The van der Waals surface area contributed by atoms with E-state index in [4.69, 9.17) is 5.84 Å². The maximum atomic E-state index is 5.76. The van der Waals surface area contributed by atoms with Crippen molar-refractivity contribution in [2.75, 3.05) is 0 Å². The molecule has 1 rings (SSSR count). The Bertz CT molecular complexity index is 158. The average Bonchev–Trinajstić information content (AvgIpc) is 2.78. The van der Waals surface area contributed by atoms with E-state index in [1.54, 1.807) is 0 Å². The largest absolute Gasteiger partial charge is 0.271 e. The second kappa shape index (κ2) is 8.08. The Balaban J connectivity index is 2.40. The van der Waals surface area contributed by atoms with Crippen LogP contribution in [0.5, 0.6) is 0 Å². The lowest BCUT2D eigenvalue weighted by Gasteiger charge is -2.28. The number of nitrogens with two attached hydrogens (primary N) is 1. The Morgan fingerprint density at radius 3 is 2.12 bits per heavy atom. The Morgan fingerprint density at radius 2 is 1.69 bits per heavy atom. The highest BCUT2D eigenvalue weighted by Gasteiger charge is 2.24. The van der Waals surface area contributed by atoms with Crippen molar-refractivity contribution < 1.29 is 0 Å². The number of nitrogens with one attached hydrogen (secondary N) is 1. The normalized spacial score (nSPS) is 19.5. The summed E-state index contributed by atoms with van der Waals surface area (Å²) in [5.74, 6) is 7.50. The van der Waals surface area contributed by atoms with Gasteiger partial charge in [0.2, 0.25) is 0 Å². The SMILES string of the molecule is CCCC(CCC)C(CC1CCCC1)NN. The highest BCUT2D eigenvalue weighted by molar-refractivity contribution is 4.79. The molecular formula is C14H30N2. The van der Waals surface area contributed by atoms with E-state index < -0.39 is 0 Å². The van der Waals surface area contributed by atoms with Crippen LogP contribution in [0.1, 0.15) is 71.6 Å². The first kappa shape index (κ1) is 14.0. The van der Waals surface area contributed by atoms with E-state index in [0.29, 0.717) is 6.04 Å². The van der Waals surface area contributed by atoms with Crippen LogP contribution in [0, 0.1) is 11.8 Å². The standard InChI is InChI=1S/C14H30N2/c1-3-7-13(8-4-2)14(16-15)11-12-9-5-6-10-12/h12-14,16H,3-11,15H2,1-2H3. The third-order valence-corrected chi connectivity index (χ3v) is 4.16. The molecule has 0 saturated heterocycles. The van der Waals surface area contributed by atoms with Gasteiger partial charge in [0.15, 0.2) is 0 Å². The molecule has 0 aromatic heterocycles. The minimum atomic E-state index is 0.558. The summed E-state index contributed by atoms with van der Waals surface area (Å²) in [4.78, 5) is 0. The highest BCUT2D eigenvalue weighted by atomic mass is 15.2. The van der Waals surface area contributed by atoms with E-state index in [-0.39, 0.29) is 0 Å². The maximum absolute atomic E-state index is 5.76. The van der Waals surface area contributed by atoms with Gasteiger partial charge in [-0.2, -0.15) is 0 Å². The average molecular weight is 226 g/mol. The summed E-state index contributed by atoms with van der Waals surface area (Å²) in [5.41, 5.74) is 3.10. The molecule has 96 valence electrons. The molecule has 0 bridgehead atoms.